The molecular weight excluding hydrogens is 1100 g/mol. The lowest BCUT2D eigenvalue weighted by Gasteiger charge is -2.21. The highest BCUT2D eigenvalue weighted by Crippen LogP contribution is 2.45. The predicted molar refractivity (Wildman–Crippen MR) is 334 cm³/mol. The van der Waals surface area contributed by atoms with E-state index in [0.717, 1.165) is 96.3 Å². The number of ether oxygens (including phenoxy) is 3. The van der Waals surface area contributed by atoms with E-state index < -0.39 is 91.5 Å². The van der Waals surface area contributed by atoms with Gasteiger partial charge in [-0.25, -0.2) is 9.13 Å². The zero-order chi connectivity index (χ0) is 61.0. The molecule has 4 N–H and O–H groups in total. The van der Waals surface area contributed by atoms with Crippen LogP contribution in [-0.4, -0.2) is 95.9 Å². The highest BCUT2D eigenvalue weighted by Gasteiger charge is 2.29. The molecule has 0 radical (unpaired) electrons. The van der Waals surface area contributed by atoms with E-state index in [0.29, 0.717) is 25.7 Å². The third-order valence-electron chi connectivity index (χ3n) is 13.1. The van der Waals surface area contributed by atoms with Gasteiger partial charge in [-0.05, 0) is 83.5 Å². The zero-order valence-corrected chi connectivity index (χ0v) is 53.4. The summed E-state index contributed by atoms with van der Waals surface area (Å²) in [6.45, 7) is 2.45. The van der Waals surface area contributed by atoms with Crippen molar-refractivity contribution >= 4 is 33.6 Å². The van der Waals surface area contributed by atoms with Crippen molar-refractivity contribution in [3.8, 4) is 0 Å². The first-order chi connectivity index (χ1) is 40.2. The Hall–Kier alpha value is -3.27. The molecule has 0 aromatic rings. The Labute approximate surface area is 502 Å². The minimum absolute atomic E-state index is 0.0600. The van der Waals surface area contributed by atoms with Crippen molar-refractivity contribution < 1.29 is 75.8 Å². The summed E-state index contributed by atoms with van der Waals surface area (Å²) in [5.74, 6) is -1.66. The van der Waals surface area contributed by atoms with Gasteiger partial charge in [-0.15, -0.1) is 0 Å². The summed E-state index contributed by atoms with van der Waals surface area (Å²) >= 11 is 0. The minimum atomic E-state index is -4.92. The van der Waals surface area contributed by atoms with E-state index >= 15 is 0 Å². The lowest BCUT2D eigenvalue weighted by molar-refractivity contribution is -0.161. The third-order valence-corrected chi connectivity index (χ3v) is 15.0. The number of phosphoric acid groups is 2. The van der Waals surface area contributed by atoms with Crippen LogP contribution in [0.3, 0.4) is 0 Å². The van der Waals surface area contributed by atoms with Crippen molar-refractivity contribution in [3.05, 3.63) is 85.1 Å². The standard InChI is InChI=1S/C65H114O16P2/c1-4-7-10-13-16-19-22-25-27-28-29-30-32-35-36-39-42-45-48-51-63(68)75-54-60(66)55-77-82(71,72)78-56-61(67)57-79-83(73,74)80-59-62(81-65(70)53-50-47-44-41-38-33-24-21-18-15-12-9-6-3)58-76-64(69)52-49-46-43-40-37-34-31-26-23-20-17-14-11-8-5-2/h7,10,16,19,25-27,29-31,35-36,42,45,60-62,66-67H,4-6,8-9,11-15,17-18,20-24,28,32-34,37-41,43-44,46-59H2,1-3H3,(H,71,72)(H,73,74)/b10-7-,19-16-,27-25-,30-29-,31-26-,36-35-,45-42-. The second-order valence-corrected chi connectivity index (χ2v) is 24.1. The van der Waals surface area contributed by atoms with E-state index in [4.69, 9.17) is 32.3 Å². The quantitative estimate of drug-likeness (QED) is 0.0146. The summed E-state index contributed by atoms with van der Waals surface area (Å²) in [5.41, 5.74) is 0. The number of carbonyl (C=O) groups is 3. The van der Waals surface area contributed by atoms with E-state index in [2.05, 4.69) is 87.6 Å². The Morgan fingerprint density at radius 3 is 1.08 bits per heavy atom. The van der Waals surface area contributed by atoms with E-state index in [1.165, 1.54) is 89.9 Å². The third kappa shape index (κ3) is 60.2. The molecule has 0 aromatic heterocycles. The van der Waals surface area contributed by atoms with Crippen LogP contribution in [0.15, 0.2) is 85.1 Å². The van der Waals surface area contributed by atoms with Crippen molar-refractivity contribution in [1.29, 1.82) is 0 Å². The molecule has 0 aliphatic rings. The molecule has 480 valence electrons. The molecule has 83 heavy (non-hydrogen) atoms. The first-order valence-electron chi connectivity index (χ1n) is 31.9. The van der Waals surface area contributed by atoms with Crippen molar-refractivity contribution in [2.45, 2.75) is 270 Å². The number of hydrogen-bond acceptors (Lipinski definition) is 14. The first-order valence-corrected chi connectivity index (χ1v) is 34.9. The number of esters is 3. The second-order valence-electron chi connectivity index (χ2n) is 21.2. The maximum Gasteiger partial charge on any atom is 0.472 e. The Bertz CT molecular complexity index is 1860. The summed E-state index contributed by atoms with van der Waals surface area (Å²) < 4.78 is 60.6. The van der Waals surface area contributed by atoms with Crippen LogP contribution >= 0.6 is 15.6 Å². The number of unbranched alkanes of at least 4 members (excludes halogenated alkanes) is 23. The Morgan fingerprint density at radius 2 is 0.663 bits per heavy atom. The number of hydrogen-bond donors (Lipinski definition) is 4. The van der Waals surface area contributed by atoms with Gasteiger partial charge in [0.15, 0.2) is 6.10 Å². The highest BCUT2D eigenvalue weighted by atomic mass is 31.2. The largest absolute Gasteiger partial charge is 0.472 e. The van der Waals surface area contributed by atoms with Crippen LogP contribution in [-0.2, 0) is 55.8 Å². The number of aliphatic hydroxyl groups is 2. The fourth-order valence-corrected chi connectivity index (χ4v) is 9.82. The van der Waals surface area contributed by atoms with Crippen molar-refractivity contribution in [3.63, 3.8) is 0 Å². The van der Waals surface area contributed by atoms with E-state index in [9.17, 15) is 43.5 Å². The molecule has 5 unspecified atom stereocenters. The number of aliphatic hydroxyl groups excluding tert-OH is 2. The molecule has 0 heterocycles. The van der Waals surface area contributed by atoms with Crippen LogP contribution in [0.1, 0.15) is 252 Å². The molecule has 0 fully saturated rings. The van der Waals surface area contributed by atoms with Gasteiger partial charge in [0.25, 0.3) is 0 Å². The fraction of sp³-hybridized carbons (Fsp3) is 0.738. The maximum absolute atomic E-state index is 12.9. The molecule has 0 aromatic carbocycles. The van der Waals surface area contributed by atoms with Crippen LogP contribution in [0, 0.1) is 0 Å². The van der Waals surface area contributed by atoms with E-state index in [1.54, 1.807) is 0 Å². The average molecular weight is 1210 g/mol. The molecule has 0 spiro atoms. The number of phosphoric ester groups is 2. The SMILES string of the molecule is CC/C=C\C/C=C\C/C=C\C/C=C\C/C=C\C/C=C\CCC(=O)OCC(O)COP(=O)(O)OCC(O)COP(=O)(O)OCC(COC(=O)CCCCCCC/C=C\CCCCCCCC)OC(=O)CCCCCCCCCCCCCCC. The molecule has 0 amide bonds. The average Bonchev–Trinajstić information content (AvgIpc) is 3.46. The normalized spacial score (nSPS) is 14.9. The molecule has 0 saturated carbocycles. The van der Waals surface area contributed by atoms with Gasteiger partial charge < -0.3 is 34.2 Å². The van der Waals surface area contributed by atoms with Gasteiger partial charge in [0.05, 0.1) is 26.4 Å². The lowest BCUT2D eigenvalue weighted by atomic mass is 10.0. The van der Waals surface area contributed by atoms with Crippen molar-refractivity contribution in [2.24, 2.45) is 0 Å². The van der Waals surface area contributed by atoms with Crippen LogP contribution < -0.4 is 0 Å². The first kappa shape index (κ1) is 79.7. The maximum atomic E-state index is 12.9. The highest BCUT2D eigenvalue weighted by molar-refractivity contribution is 7.47. The molecule has 0 saturated heterocycles. The predicted octanol–water partition coefficient (Wildman–Crippen LogP) is 17.0. The molecule has 0 aliphatic carbocycles. The number of carbonyl (C=O) groups excluding carboxylic acids is 3. The van der Waals surface area contributed by atoms with E-state index in [-0.39, 0.29) is 19.3 Å². The topological polar surface area (TPSA) is 231 Å². The van der Waals surface area contributed by atoms with Crippen molar-refractivity contribution in [1.82, 2.24) is 0 Å². The van der Waals surface area contributed by atoms with Crippen molar-refractivity contribution in [2.75, 3.05) is 39.6 Å². The molecule has 0 aliphatic heterocycles. The molecule has 0 rings (SSSR count). The number of allylic oxidation sites excluding steroid dienone is 14. The van der Waals surface area contributed by atoms with Gasteiger partial charge in [0.2, 0.25) is 0 Å². The summed E-state index contributed by atoms with van der Waals surface area (Å²) in [7, 11) is -9.78. The minimum Gasteiger partial charge on any atom is -0.463 e. The van der Waals surface area contributed by atoms with Crippen LogP contribution in [0.2, 0.25) is 0 Å². The molecular formula is C65H114O16P2. The van der Waals surface area contributed by atoms with Gasteiger partial charge in [-0.2, -0.15) is 0 Å². The fourth-order valence-electron chi connectivity index (χ4n) is 8.24. The van der Waals surface area contributed by atoms with Crippen LogP contribution in [0.5, 0.6) is 0 Å². The van der Waals surface area contributed by atoms with Gasteiger partial charge in [0, 0.05) is 19.3 Å². The molecule has 18 heteroatoms. The Balaban J connectivity index is 4.70. The Kier molecular flexibility index (Phi) is 56.8. The summed E-state index contributed by atoms with van der Waals surface area (Å²) in [4.78, 5) is 58.1. The molecule has 16 nitrogen and oxygen atoms in total. The lowest BCUT2D eigenvalue weighted by Crippen LogP contribution is -2.30. The van der Waals surface area contributed by atoms with E-state index in [1.807, 2.05) is 18.2 Å². The van der Waals surface area contributed by atoms with Crippen LogP contribution in [0.4, 0.5) is 0 Å². The Morgan fingerprint density at radius 1 is 0.349 bits per heavy atom. The summed E-state index contributed by atoms with van der Waals surface area (Å²) in [6.07, 6.45) is 60.9. The van der Waals surface area contributed by atoms with Gasteiger partial charge in [-0.1, -0.05) is 234 Å². The summed E-state index contributed by atoms with van der Waals surface area (Å²) in [5, 5.41) is 20.5. The van der Waals surface area contributed by atoms with Gasteiger partial charge >= 0.3 is 33.6 Å². The summed E-state index contributed by atoms with van der Waals surface area (Å²) in [6, 6.07) is 0. The monoisotopic (exact) mass is 1210 g/mol. The zero-order valence-electron chi connectivity index (χ0n) is 51.6. The number of rotatable bonds is 60. The van der Waals surface area contributed by atoms with Crippen LogP contribution in [0.25, 0.3) is 0 Å². The molecule has 0 bridgehead atoms. The van der Waals surface area contributed by atoms with Gasteiger partial charge in [-0.3, -0.25) is 32.5 Å². The smallest absolute Gasteiger partial charge is 0.463 e. The molecule has 5 atom stereocenters. The van der Waals surface area contributed by atoms with Gasteiger partial charge in [0.1, 0.15) is 25.4 Å². The second kappa shape index (κ2) is 59.1.